The summed E-state index contributed by atoms with van der Waals surface area (Å²) in [7, 11) is 0. The predicted octanol–water partition coefficient (Wildman–Crippen LogP) is 0.474. The normalized spacial score (nSPS) is 14.1. The van der Waals surface area contributed by atoms with Crippen LogP contribution in [0, 0.1) is 0 Å². The Kier molecular flexibility index (Phi) is 1.33. The van der Waals surface area contributed by atoms with Crippen molar-refractivity contribution in [2.45, 2.75) is 6.54 Å². The third kappa shape index (κ3) is 0.970. The van der Waals surface area contributed by atoms with Gasteiger partial charge in [0.15, 0.2) is 12.1 Å². The number of fused-ring (bicyclic) bond motifs is 2. The largest absolute Gasteiger partial charge is 0.400 e. The first-order chi connectivity index (χ1) is 6.83. The van der Waals surface area contributed by atoms with Gasteiger partial charge in [0.25, 0.3) is 0 Å². The SMILES string of the molecule is O=C1C[n+]2cc3ccccc3nc2N1. The van der Waals surface area contributed by atoms with Crippen molar-refractivity contribution in [3.63, 3.8) is 0 Å². The summed E-state index contributed by atoms with van der Waals surface area (Å²) in [5, 5.41) is 3.75. The molecule has 2 heterocycles. The molecular weight excluding hydrogens is 178 g/mol. The molecule has 4 heteroatoms. The molecule has 0 radical (unpaired) electrons. The van der Waals surface area contributed by atoms with Crippen LogP contribution in [0.5, 0.6) is 0 Å². The lowest BCUT2D eigenvalue weighted by atomic mass is 10.2. The summed E-state index contributed by atoms with van der Waals surface area (Å²) in [5.74, 6) is 0.626. The zero-order valence-electron chi connectivity index (χ0n) is 7.40. The molecule has 0 saturated carbocycles. The Morgan fingerprint density at radius 3 is 3.14 bits per heavy atom. The summed E-state index contributed by atoms with van der Waals surface area (Å²) in [6, 6.07) is 7.81. The molecule has 1 aromatic carbocycles. The Labute approximate surface area is 80.2 Å². The maximum atomic E-state index is 11.1. The zero-order valence-corrected chi connectivity index (χ0v) is 7.40. The topological polar surface area (TPSA) is 45.9 Å². The summed E-state index contributed by atoms with van der Waals surface area (Å²) in [6.07, 6.45) is 1.94. The molecule has 14 heavy (non-hydrogen) atoms. The quantitative estimate of drug-likeness (QED) is 0.608. The van der Waals surface area contributed by atoms with Crippen LogP contribution in [-0.2, 0) is 11.3 Å². The minimum Gasteiger partial charge on any atom is -0.253 e. The molecule has 2 aromatic rings. The maximum absolute atomic E-state index is 11.1. The first-order valence-corrected chi connectivity index (χ1v) is 4.42. The van der Waals surface area contributed by atoms with Crippen LogP contribution in [0.2, 0.25) is 0 Å². The minimum absolute atomic E-state index is 0.00666. The van der Waals surface area contributed by atoms with Gasteiger partial charge >= 0.3 is 11.9 Å². The fourth-order valence-electron chi connectivity index (χ4n) is 1.65. The molecule has 1 aliphatic heterocycles. The van der Waals surface area contributed by atoms with Gasteiger partial charge in [-0.25, -0.2) is 9.88 Å². The van der Waals surface area contributed by atoms with E-state index < -0.39 is 0 Å². The highest BCUT2D eigenvalue weighted by molar-refractivity contribution is 5.90. The highest BCUT2D eigenvalue weighted by Crippen LogP contribution is 2.12. The first kappa shape index (κ1) is 7.44. The summed E-state index contributed by atoms with van der Waals surface area (Å²) in [4.78, 5) is 15.4. The molecule has 3 rings (SSSR count). The minimum atomic E-state index is -0.00666. The molecular formula is C10H8N3O+. The first-order valence-electron chi connectivity index (χ1n) is 4.42. The van der Waals surface area contributed by atoms with Crippen molar-refractivity contribution in [2.24, 2.45) is 0 Å². The monoisotopic (exact) mass is 186 g/mol. The van der Waals surface area contributed by atoms with Crippen molar-refractivity contribution in [3.05, 3.63) is 30.5 Å². The third-order valence-corrected chi connectivity index (χ3v) is 2.30. The molecule has 0 bridgehead atoms. The van der Waals surface area contributed by atoms with E-state index in [2.05, 4.69) is 10.3 Å². The second kappa shape index (κ2) is 2.51. The van der Waals surface area contributed by atoms with Crippen molar-refractivity contribution < 1.29 is 9.36 Å². The van der Waals surface area contributed by atoms with E-state index in [1.807, 2.05) is 35.0 Å². The third-order valence-electron chi connectivity index (χ3n) is 2.30. The van der Waals surface area contributed by atoms with Gasteiger partial charge in [-0.1, -0.05) is 17.1 Å². The second-order valence-corrected chi connectivity index (χ2v) is 3.30. The van der Waals surface area contributed by atoms with Crippen LogP contribution in [0.25, 0.3) is 10.9 Å². The summed E-state index contributed by atoms with van der Waals surface area (Å²) in [6.45, 7) is 0.368. The van der Waals surface area contributed by atoms with Crippen LogP contribution in [0.3, 0.4) is 0 Å². The van der Waals surface area contributed by atoms with E-state index in [-0.39, 0.29) is 5.91 Å². The second-order valence-electron chi connectivity index (χ2n) is 3.30. The fourth-order valence-corrected chi connectivity index (χ4v) is 1.65. The lowest BCUT2D eigenvalue weighted by Gasteiger charge is -1.94. The van der Waals surface area contributed by atoms with Gasteiger partial charge in [0.05, 0.1) is 6.20 Å². The molecule has 0 atom stereocenters. The lowest BCUT2D eigenvalue weighted by molar-refractivity contribution is -0.664. The Morgan fingerprint density at radius 1 is 1.36 bits per heavy atom. The van der Waals surface area contributed by atoms with Crippen LogP contribution in [-0.4, -0.2) is 10.9 Å². The van der Waals surface area contributed by atoms with Gasteiger partial charge < -0.3 is 0 Å². The van der Waals surface area contributed by atoms with E-state index in [0.717, 1.165) is 10.9 Å². The van der Waals surface area contributed by atoms with Crippen LogP contribution in [0.15, 0.2) is 30.5 Å². The number of benzene rings is 1. The number of para-hydroxylation sites is 1. The number of carbonyl (C=O) groups excluding carboxylic acids is 1. The average molecular weight is 186 g/mol. The van der Waals surface area contributed by atoms with Crippen molar-refractivity contribution in [2.75, 3.05) is 5.32 Å². The van der Waals surface area contributed by atoms with Gasteiger partial charge in [0.2, 0.25) is 0 Å². The Bertz CT molecular complexity index is 489. The lowest BCUT2D eigenvalue weighted by Crippen LogP contribution is -2.31. The molecule has 0 saturated heterocycles. The molecule has 1 amide bonds. The molecule has 0 spiro atoms. The van der Waals surface area contributed by atoms with E-state index in [9.17, 15) is 4.79 Å². The van der Waals surface area contributed by atoms with E-state index in [1.54, 1.807) is 0 Å². The van der Waals surface area contributed by atoms with Crippen LogP contribution >= 0.6 is 0 Å². The molecule has 4 nitrogen and oxygen atoms in total. The van der Waals surface area contributed by atoms with Gasteiger partial charge in [0, 0.05) is 5.39 Å². The van der Waals surface area contributed by atoms with Crippen LogP contribution in [0.4, 0.5) is 5.95 Å². The van der Waals surface area contributed by atoms with Gasteiger partial charge in [-0.3, -0.25) is 4.79 Å². The molecule has 0 fully saturated rings. The molecule has 68 valence electrons. The van der Waals surface area contributed by atoms with Gasteiger partial charge in [0.1, 0.15) is 0 Å². The van der Waals surface area contributed by atoms with Crippen molar-refractivity contribution in [3.8, 4) is 0 Å². The summed E-state index contributed by atoms with van der Waals surface area (Å²) < 4.78 is 1.82. The molecule has 0 unspecified atom stereocenters. The zero-order chi connectivity index (χ0) is 9.54. The van der Waals surface area contributed by atoms with E-state index in [0.29, 0.717) is 12.5 Å². The van der Waals surface area contributed by atoms with Gasteiger partial charge in [-0.2, -0.15) is 0 Å². The standard InChI is InChI=1S/C10H7N3O/c14-9-6-13-5-7-3-1-2-4-8(7)11-10(13)12-9/h1-5H,6H2/p+1. The highest BCUT2D eigenvalue weighted by atomic mass is 16.2. The molecule has 0 aliphatic carbocycles. The number of nitrogens with zero attached hydrogens (tertiary/aromatic N) is 2. The molecule has 1 N–H and O–H groups in total. The maximum Gasteiger partial charge on any atom is 0.400 e. The van der Waals surface area contributed by atoms with E-state index in [4.69, 9.17) is 0 Å². The van der Waals surface area contributed by atoms with E-state index in [1.165, 1.54) is 0 Å². The number of carbonyl (C=O) groups is 1. The van der Waals surface area contributed by atoms with Crippen LogP contribution < -0.4 is 9.88 Å². The number of hydrogen-bond donors (Lipinski definition) is 1. The Morgan fingerprint density at radius 2 is 2.21 bits per heavy atom. The smallest absolute Gasteiger partial charge is 0.253 e. The average Bonchev–Trinajstić information content (AvgIpc) is 2.53. The molecule has 1 aliphatic rings. The number of anilines is 1. The summed E-state index contributed by atoms with van der Waals surface area (Å²) >= 11 is 0. The molecule has 1 aromatic heterocycles. The Balaban J connectivity index is 2.31. The fraction of sp³-hybridized carbons (Fsp3) is 0.100. The van der Waals surface area contributed by atoms with E-state index >= 15 is 0 Å². The number of rotatable bonds is 0. The van der Waals surface area contributed by atoms with Crippen molar-refractivity contribution in [1.29, 1.82) is 0 Å². The number of aromatic nitrogens is 2. The van der Waals surface area contributed by atoms with Gasteiger partial charge in [-0.15, -0.1) is 0 Å². The summed E-state index contributed by atoms with van der Waals surface area (Å²) in [5.41, 5.74) is 0.904. The Hall–Kier alpha value is -1.97. The van der Waals surface area contributed by atoms with Crippen molar-refractivity contribution in [1.82, 2.24) is 4.98 Å². The van der Waals surface area contributed by atoms with Gasteiger partial charge in [-0.05, 0) is 12.1 Å². The predicted molar refractivity (Wildman–Crippen MR) is 50.6 cm³/mol. The number of hydrogen-bond acceptors (Lipinski definition) is 2. The number of amides is 1. The van der Waals surface area contributed by atoms with Crippen LogP contribution in [0.1, 0.15) is 0 Å². The van der Waals surface area contributed by atoms with Crippen molar-refractivity contribution >= 4 is 22.8 Å². The highest BCUT2D eigenvalue weighted by Gasteiger charge is 2.26. The number of nitrogens with one attached hydrogen (secondary N) is 1.